The first-order valence-corrected chi connectivity index (χ1v) is 8.98. The number of piperazine rings is 1. The van der Waals surface area contributed by atoms with Crippen molar-refractivity contribution in [2.45, 2.75) is 6.54 Å². The van der Waals surface area contributed by atoms with Gasteiger partial charge in [0.25, 0.3) is 5.91 Å². The number of carbonyl (C=O) groups excluding carboxylic acids is 2. The Hall–Kier alpha value is -3.42. The topological polar surface area (TPSA) is 94.1 Å². The van der Waals surface area contributed by atoms with Gasteiger partial charge in [0.05, 0.1) is 5.56 Å². The van der Waals surface area contributed by atoms with Crippen molar-refractivity contribution in [3.8, 4) is 0 Å². The summed E-state index contributed by atoms with van der Waals surface area (Å²) in [5.74, 6) is -1.43. The number of carboxylic acid groups (broad SMARTS) is 1. The number of carboxylic acids is 1. The molecule has 1 saturated heterocycles. The van der Waals surface area contributed by atoms with Gasteiger partial charge in [-0.3, -0.25) is 9.78 Å². The molecule has 1 fully saturated rings. The summed E-state index contributed by atoms with van der Waals surface area (Å²) in [4.78, 5) is 45.2. The normalized spacial score (nSPS) is 13.9. The van der Waals surface area contributed by atoms with Crippen LogP contribution < -0.4 is 0 Å². The van der Waals surface area contributed by atoms with E-state index in [0.29, 0.717) is 32.7 Å². The average molecular weight is 382 g/mol. The molecule has 1 aromatic heterocycles. The number of pyridine rings is 1. The van der Waals surface area contributed by atoms with E-state index in [0.717, 1.165) is 5.56 Å². The van der Waals surface area contributed by atoms with E-state index in [4.69, 9.17) is 5.11 Å². The second-order valence-electron chi connectivity index (χ2n) is 6.64. The van der Waals surface area contributed by atoms with Crippen molar-refractivity contribution >= 4 is 17.9 Å². The summed E-state index contributed by atoms with van der Waals surface area (Å²) in [7, 11) is 1.76. The van der Waals surface area contributed by atoms with Gasteiger partial charge in [0, 0.05) is 46.0 Å². The molecular formula is C20H22N4O4. The third-order valence-corrected chi connectivity index (χ3v) is 4.65. The predicted octanol–water partition coefficient (Wildman–Crippen LogP) is 1.79. The highest BCUT2D eigenvalue weighted by Crippen LogP contribution is 2.12. The SMILES string of the molecule is CN(Cc1ccccc1)C(=O)N1CCN(C(=O)c2cc(C(=O)O)ccn2)CC1. The van der Waals surface area contributed by atoms with Gasteiger partial charge in [-0.25, -0.2) is 9.59 Å². The Labute approximate surface area is 163 Å². The van der Waals surface area contributed by atoms with E-state index in [1.807, 2.05) is 30.3 Å². The van der Waals surface area contributed by atoms with E-state index in [9.17, 15) is 14.4 Å². The van der Waals surface area contributed by atoms with Crippen LogP contribution in [0.5, 0.6) is 0 Å². The maximum absolute atomic E-state index is 12.6. The summed E-state index contributed by atoms with van der Waals surface area (Å²) in [6.07, 6.45) is 1.31. The first-order chi connectivity index (χ1) is 13.5. The number of hydrogen-bond acceptors (Lipinski definition) is 4. The molecular weight excluding hydrogens is 360 g/mol. The van der Waals surface area contributed by atoms with Crippen LogP contribution in [0.3, 0.4) is 0 Å². The number of hydrogen-bond donors (Lipinski definition) is 1. The number of aromatic carboxylic acids is 1. The fourth-order valence-electron chi connectivity index (χ4n) is 3.11. The van der Waals surface area contributed by atoms with Gasteiger partial charge < -0.3 is 19.8 Å². The van der Waals surface area contributed by atoms with Gasteiger partial charge >= 0.3 is 12.0 Å². The van der Waals surface area contributed by atoms with Crippen molar-refractivity contribution < 1.29 is 19.5 Å². The number of aromatic nitrogens is 1. The number of carbonyl (C=O) groups is 3. The standard InChI is InChI=1S/C20H22N4O4/c1-22(14-15-5-3-2-4-6-15)20(28)24-11-9-23(10-12-24)18(25)17-13-16(19(26)27)7-8-21-17/h2-8,13H,9-12,14H2,1H3,(H,26,27). The van der Waals surface area contributed by atoms with Crippen LogP contribution >= 0.6 is 0 Å². The first kappa shape index (κ1) is 19.3. The maximum atomic E-state index is 12.6. The van der Waals surface area contributed by atoms with Crippen molar-refractivity contribution in [2.24, 2.45) is 0 Å². The van der Waals surface area contributed by atoms with E-state index >= 15 is 0 Å². The van der Waals surface area contributed by atoms with E-state index in [2.05, 4.69) is 4.98 Å². The van der Waals surface area contributed by atoms with Crippen LogP contribution in [-0.2, 0) is 6.54 Å². The van der Waals surface area contributed by atoms with Crippen molar-refractivity contribution in [3.63, 3.8) is 0 Å². The second-order valence-corrected chi connectivity index (χ2v) is 6.64. The lowest BCUT2D eigenvalue weighted by atomic mass is 10.2. The zero-order valence-electron chi connectivity index (χ0n) is 15.6. The van der Waals surface area contributed by atoms with Crippen LogP contribution in [-0.4, -0.2) is 75.9 Å². The largest absolute Gasteiger partial charge is 0.478 e. The fraction of sp³-hybridized carbons (Fsp3) is 0.300. The lowest BCUT2D eigenvalue weighted by Gasteiger charge is -2.36. The van der Waals surface area contributed by atoms with Crippen molar-refractivity contribution in [1.29, 1.82) is 0 Å². The molecule has 2 aromatic rings. The zero-order chi connectivity index (χ0) is 20.1. The van der Waals surface area contributed by atoms with E-state index in [-0.39, 0.29) is 23.2 Å². The number of amides is 3. The minimum absolute atomic E-state index is 0.0229. The summed E-state index contributed by atoms with van der Waals surface area (Å²) < 4.78 is 0. The van der Waals surface area contributed by atoms with Crippen LogP contribution in [0.2, 0.25) is 0 Å². The zero-order valence-corrected chi connectivity index (χ0v) is 15.6. The van der Waals surface area contributed by atoms with E-state index in [1.54, 1.807) is 21.7 Å². The average Bonchev–Trinajstić information content (AvgIpc) is 2.73. The fourth-order valence-corrected chi connectivity index (χ4v) is 3.11. The smallest absolute Gasteiger partial charge is 0.335 e. The van der Waals surface area contributed by atoms with Crippen LogP contribution in [0.25, 0.3) is 0 Å². The van der Waals surface area contributed by atoms with Gasteiger partial charge in [0.15, 0.2) is 0 Å². The molecule has 28 heavy (non-hydrogen) atoms. The van der Waals surface area contributed by atoms with Gasteiger partial charge in [-0.15, -0.1) is 0 Å². The summed E-state index contributed by atoms with van der Waals surface area (Å²) in [6.45, 7) is 2.11. The Balaban J connectivity index is 1.56. The number of benzene rings is 1. The first-order valence-electron chi connectivity index (χ1n) is 8.98. The molecule has 0 unspecified atom stereocenters. The highest BCUT2D eigenvalue weighted by atomic mass is 16.4. The van der Waals surface area contributed by atoms with Crippen LogP contribution in [0.15, 0.2) is 48.7 Å². The molecule has 1 aliphatic rings. The molecule has 8 nitrogen and oxygen atoms in total. The molecule has 1 aromatic carbocycles. The molecule has 0 bridgehead atoms. The number of rotatable bonds is 4. The van der Waals surface area contributed by atoms with E-state index in [1.165, 1.54) is 18.3 Å². The Morgan fingerprint density at radius 2 is 1.68 bits per heavy atom. The summed E-state index contributed by atoms with van der Waals surface area (Å²) in [5.41, 5.74) is 1.17. The molecule has 0 radical (unpaired) electrons. The minimum Gasteiger partial charge on any atom is -0.478 e. The predicted molar refractivity (Wildman–Crippen MR) is 102 cm³/mol. The molecule has 0 saturated carbocycles. The van der Waals surface area contributed by atoms with Crippen LogP contribution in [0.4, 0.5) is 4.79 Å². The van der Waals surface area contributed by atoms with Gasteiger partial charge in [0.2, 0.25) is 0 Å². The van der Waals surface area contributed by atoms with Crippen LogP contribution in [0.1, 0.15) is 26.4 Å². The van der Waals surface area contributed by atoms with Crippen molar-refractivity contribution in [2.75, 3.05) is 33.2 Å². The highest BCUT2D eigenvalue weighted by Gasteiger charge is 2.27. The third kappa shape index (κ3) is 4.46. The summed E-state index contributed by atoms with van der Waals surface area (Å²) >= 11 is 0. The van der Waals surface area contributed by atoms with Gasteiger partial charge in [-0.1, -0.05) is 30.3 Å². The second kappa shape index (κ2) is 8.51. The highest BCUT2D eigenvalue weighted by molar-refractivity contribution is 5.96. The monoisotopic (exact) mass is 382 g/mol. The molecule has 3 rings (SSSR count). The number of nitrogens with zero attached hydrogens (tertiary/aromatic N) is 4. The summed E-state index contributed by atoms with van der Waals surface area (Å²) in [5, 5.41) is 9.05. The maximum Gasteiger partial charge on any atom is 0.335 e. The summed E-state index contributed by atoms with van der Waals surface area (Å²) in [6, 6.07) is 12.3. The molecule has 2 heterocycles. The lowest BCUT2D eigenvalue weighted by Crippen LogP contribution is -2.53. The quantitative estimate of drug-likeness (QED) is 0.870. The van der Waals surface area contributed by atoms with Crippen molar-refractivity contribution in [1.82, 2.24) is 19.7 Å². The lowest BCUT2D eigenvalue weighted by molar-refractivity contribution is 0.0638. The third-order valence-electron chi connectivity index (χ3n) is 4.65. The molecule has 146 valence electrons. The molecule has 1 N–H and O–H groups in total. The Morgan fingerprint density at radius 3 is 2.32 bits per heavy atom. The Morgan fingerprint density at radius 1 is 1.04 bits per heavy atom. The minimum atomic E-state index is -1.10. The van der Waals surface area contributed by atoms with Gasteiger partial charge in [-0.2, -0.15) is 0 Å². The molecule has 1 aliphatic heterocycles. The molecule has 3 amide bonds. The number of urea groups is 1. The molecule has 0 atom stereocenters. The Bertz CT molecular complexity index is 864. The van der Waals surface area contributed by atoms with Crippen molar-refractivity contribution in [3.05, 3.63) is 65.5 Å². The molecule has 8 heteroatoms. The Kier molecular flexibility index (Phi) is 5.88. The molecule has 0 spiro atoms. The van der Waals surface area contributed by atoms with E-state index < -0.39 is 5.97 Å². The molecule has 0 aliphatic carbocycles. The van der Waals surface area contributed by atoms with Gasteiger partial charge in [-0.05, 0) is 17.7 Å². The van der Waals surface area contributed by atoms with Gasteiger partial charge in [0.1, 0.15) is 5.69 Å². The van der Waals surface area contributed by atoms with Crippen LogP contribution in [0, 0.1) is 0 Å².